The van der Waals surface area contributed by atoms with Gasteiger partial charge in [-0.3, -0.25) is 14.3 Å². The maximum absolute atomic E-state index is 12.9. The molecule has 0 saturated carbocycles. The number of rotatable bonds is 6. The molecule has 0 spiro atoms. The Bertz CT molecular complexity index is 966. The summed E-state index contributed by atoms with van der Waals surface area (Å²) >= 11 is 0. The van der Waals surface area contributed by atoms with Crippen LogP contribution in [0.15, 0.2) is 55.1 Å². The summed E-state index contributed by atoms with van der Waals surface area (Å²) in [6, 6.07) is 10.2. The van der Waals surface area contributed by atoms with Crippen LogP contribution in [-0.2, 0) is 11.2 Å². The van der Waals surface area contributed by atoms with E-state index in [1.54, 1.807) is 18.6 Å². The van der Waals surface area contributed by atoms with Crippen molar-refractivity contribution < 1.29 is 4.79 Å². The lowest BCUT2D eigenvalue weighted by molar-refractivity contribution is -0.132. The molecule has 1 fully saturated rings. The molecule has 4 rings (SSSR count). The van der Waals surface area contributed by atoms with Crippen molar-refractivity contribution in [2.45, 2.75) is 51.5 Å². The Hall–Kier alpha value is -3.02. The van der Waals surface area contributed by atoms with Crippen molar-refractivity contribution in [2.75, 3.05) is 6.54 Å². The quantitative estimate of drug-likeness (QED) is 0.637. The zero-order chi connectivity index (χ0) is 20.2. The lowest BCUT2D eigenvalue weighted by Gasteiger charge is -2.24. The molecule has 1 aliphatic rings. The number of aryl methyl sites for hydroxylation is 1. The molecule has 0 aliphatic carbocycles. The number of benzene rings is 1. The standard InChI is InChI=1S/C23H27N5O/c1-17(2)23-25-12-14-28(23)21-16-24-15-19(26-21)20-9-6-13-27(20)22(29)11-10-18-7-4-3-5-8-18/h3-5,7-8,12,14-17,20H,6,9-11,13H2,1-2H3. The van der Waals surface area contributed by atoms with E-state index in [4.69, 9.17) is 4.98 Å². The third kappa shape index (κ3) is 4.21. The highest BCUT2D eigenvalue weighted by Gasteiger charge is 2.31. The molecule has 1 saturated heterocycles. The molecule has 2 aromatic heterocycles. The Morgan fingerprint density at radius 1 is 1.21 bits per heavy atom. The van der Waals surface area contributed by atoms with Gasteiger partial charge in [0.2, 0.25) is 5.91 Å². The van der Waals surface area contributed by atoms with Crippen LogP contribution in [0, 0.1) is 0 Å². The summed E-state index contributed by atoms with van der Waals surface area (Å²) in [5, 5.41) is 0. The molecule has 6 heteroatoms. The molecule has 1 aliphatic heterocycles. The number of carbonyl (C=O) groups excluding carboxylic acids is 1. The highest BCUT2D eigenvalue weighted by molar-refractivity contribution is 5.77. The van der Waals surface area contributed by atoms with Crippen LogP contribution in [-0.4, -0.2) is 36.9 Å². The second-order valence-corrected chi connectivity index (χ2v) is 7.84. The summed E-state index contributed by atoms with van der Waals surface area (Å²) in [7, 11) is 0. The van der Waals surface area contributed by atoms with Crippen LogP contribution in [0.1, 0.15) is 62.2 Å². The van der Waals surface area contributed by atoms with E-state index >= 15 is 0 Å². The van der Waals surface area contributed by atoms with Gasteiger partial charge in [0.1, 0.15) is 5.82 Å². The molecule has 1 unspecified atom stereocenters. The van der Waals surface area contributed by atoms with Gasteiger partial charge in [0, 0.05) is 31.3 Å². The Morgan fingerprint density at radius 2 is 2.03 bits per heavy atom. The molecule has 1 aromatic carbocycles. The minimum atomic E-state index is -0.00301. The first-order valence-corrected chi connectivity index (χ1v) is 10.3. The van der Waals surface area contributed by atoms with Gasteiger partial charge in [0.15, 0.2) is 5.82 Å². The van der Waals surface area contributed by atoms with Gasteiger partial charge in [-0.25, -0.2) is 9.97 Å². The molecular weight excluding hydrogens is 362 g/mol. The fraction of sp³-hybridized carbons (Fsp3) is 0.391. The van der Waals surface area contributed by atoms with Crippen molar-refractivity contribution in [3.63, 3.8) is 0 Å². The van der Waals surface area contributed by atoms with Crippen LogP contribution in [0.2, 0.25) is 0 Å². The number of hydrogen-bond donors (Lipinski definition) is 0. The van der Waals surface area contributed by atoms with E-state index in [1.165, 1.54) is 5.56 Å². The third-order valence-corrected chi connectivity index (χ3v) is 5.46. The minimum Gasteiger partial charge on any atom is -0.334 e. The Balaban J connectivity index is 1.51. The number of aromatic nitrogens is 4. The van der Waals surface area contributed by atoms with Crippen molar-refractivity contribution in [2.24, 2.45) is 0 Å². The van der Waals surface area contributed by atoms with Gasteiger partial charge in [-0.15, -0.1) is 0 Å². The van der Waals surface area contributed by atoms with E-state index in [-0.39, 0.29) is 17.9 Å². The number of imidazole rings is 1. The van der Waals surface area contributed by atoms with Gasteiger partial charge in [-0.2, -0.15) is 0 Å². The monoisotopic (exact) mass is 389 g/mol. The largest absolute Gasteiger partial charge is 0.334 e. The van der Waals surface area contributed by atoms with E-state index in [2.05, 4.69) is 35.9 Å². The van der Waals surface area contributed by atoms with Gasteiger partial charge in [0.25, 0.3) is 0 Å². The molecule has 3 heterocycles. The zero-order valence-corrected chi connectivity index (χ0v) is 17.0. The highest BCUT2D eigenvalue weighted by Crippen LogP contribution is 2.31. The normalized spacial score (nSPS) is 16.5. The average molecular weight is 390 g/mol. The van der Waals surface area contributed by atoms with Gasteiger partial charge in [0.05, 0.1) is 24.1 Å². The summed E-state index contributed by atoms with van der Waals surface area (Å²) < 4.78 is 1.98. The maximum atomic E-state index is 12.9. The Kier molecular flexibility index (Phi) is 5.69. The topological polar surface area (TPSA) is 63.9 Å². The summed E-state index contributed by atoms with van der Waals surface area (Å²) in [6.07, 6.45) is 10.5. The number of likely N-dealkylation sites (tertiary alicyclic amines) is 1. The van der Waals surface area contributed by atoms with Crippen molar-refractivity contribution in [3.8, 4) is 5.82 Å². The van der Waals surface area contributed by atoms with Crippen molar-refractivity contribution in [1.29, 1.82) is 0 Å². The molecule has 0 radical (unpaired) electrons. The first kappa shape index (κ1) is 19.3. The first-order chi connectivity index (χ1) is 14.1. The van der Waals surface area contributed by atoms with E-state index < -0.39 is 0 Å². The summed E-state index contributed by atoms with van der Waals surface area (Å²) in [5.41, 5.74) is 2.05. The molecule has 1 atom stereocenters. The lowest BCUT2D eigenvalue weighted by Crippen LogP contribution is -2.31. The van der Waals surface area contributed by atoms with Crippen molar-refractivity contribution >= 4 is 5.91 Å². The van der Waals surface area contributed by atoms with Crippen LogP contribution >= 0.6 is 0 Å². The molecule has 0 bridgehead atoms. The van der Waals surface area contributed by atoms with Gasteiger partial charge in [-0.05, 0) is 24.8 Å². The molecule has 3 aromatic rings. The fourth-order valence-electron chi connectivity index (χ4n) is 4.00. The van der Waals surface area contributed by atoms with E-state index in [0.717, 1.165) is 43.1 Å². The number of hydrogen-bond acceptors (Lipinski definition) is 4. The summed E-state index contributed by atoms with van der Waals surface area (Å²) in [4.78, 5) is 28.6. The Morgan fingerprint density at radius 3 is 2.83 bits per heavy atom. The number of nitrogens with zero attached hydrogens (tertiary/aromatic N) is 5. The molecule has 6 nitrogen and oxygen atoms in total. The minimum absolute atomic E-state index is 0.00301. The predicted molar refractivity (Wildman–Crippen MR) is 112 cm³/mol. The van der Waals surface area contributed by atoms with Crippen LogP contribution < -0.4 is 0 Å². The van der Waals surface area contributed by atoms with Gasteiger partial charge >= 0.3 is 0 Å². The smallest absolute Gasteiger partial charge is 0.223 e. The highest BCUT2D eigenvalue weighted by atomic mass is 16.2. The second-order valence-electron chi connectivity index (χ2n) is 7.84. The van der Waals surface area contributed by atoms with E-state index in [1.807, 2.05) is 33.9 Å². The fourth-order valence-corrected chi connectivity index (χ4v) is 4.00. The summed E-state index contributed by atoms with van der Waals surface area (Å²) in [5.74, 6) is 2.19. The van der Waals surface area contributed by atoms with Gasteiger partial charge in [-0.1, -0.05) is 44.2 Å². The van der Waals surface area contributed by atoms with Gasteiger partial charge < -0.3 is 4.90 Å². The third-order valence-electron chi connectivity index (χ3n) is 5.46. The lowest BCUT2D eigenvalue weighted by atomic mass is 10.1. The van der Waals surface area contributed by atoms with Crippen LogP contribution in [0.25, 0.3) is 5.82 Å². The molecule has 0 N–H and O–H groups in total. The van der Waals surface area contributed by atoms with Crippen LogP contribution in [0.3, 0.4) is 0 Å². The molecule has 150 valence electrons. The van der Waals surface area contributed by atoms with Crippen molar-refractivity contribution in [1.82, 2.24) is 24.4 Å². The first-order valence-electron chi connectivity index (χ1n) is 10.3. The molecule has 1 amide bonds. The van der Waals surface area contributed by atoms with Crippen LogP contribution in [0.4, 0.5) is 0 Å². The summed E-state index contributed by atoms with van der Waals surface area (Å²) in [6.45, 7) is 5.01. The van der Waals surface area contributed by atoms with E-state index in [9.17, 15) is 4.79 Å². The SMILES string of the molecule is CC(C)c1nccn1-c1cncc(C2CCCN2C(=O)CCc2ccccc2)n1. The maximum Gasteiger partial charge on any atom is 0.223 e. The second kappa shape index (κ2) is 8.55. The predicted octanol–water partition coefficient (Wildman–Crippen LogP) is 4.08. The average Bonchev–Trinajstić information content (AvgIpc) is 3.42. The van der Waals surface area contributed by atoms with Crippen LogP contribution in [0.5, 0.6) is 0 Å². The zero-order valence-electron chi connectivity index (χ0n) is 17.0. The number of amides is 1. The van der Waals surface area contributed by atoms with E-state index in [0.29, 0.717) is 6.42 Å². The number of carbonyl (C=O) groups is 1. The molecule has 29 heavy (non-hydrogen) atoms. The van der Waals surface area contributed by atoms with Crippen molar-refractivity contribution in [3.05, 3.63) is 72.2 Å². The molecular formula is C23H27N5O. The Labute approximate surface area is 171 Å².